The van der Waals surface area contributed by atoms with Crippen molar-refractivity contribution in [3.05, 3.63) is 271 Å². The van der Waals surface area contributed by atoms with Crippen LogP contribution in [0, 0.1) is 0 Å². The third-order valence-electron chi connectivity index (χ3n) is 13.1. The number of benzene rings is 10. The van der Waals surface area contributed by atoms with Crippen LogP contribution in [0.3, 0.4) is 0 Å². The smallest absolute Gasteiger partial charge is 0.0746 e. The average Bonchev–Trinajstić information content (AvgIpc) is 3.83. The molecule has 290 valence electrons. The van der Waals surface area contributed by atoms with E-state index in [2.05, 4.69) is 254 Å². The SMILES string of the molecule is c1ccc(-c2ccccc2-c2cccc(N(c3cccc(-c4ccccc4-c4ccccc4)c3)c3cccc4c3C3(c5ccccc5-c5ccccc53)c3ccccc3-4)c2)cc1. The van der Waals surface area contributed by atoms with Gasteiger partial charge in [-0.3, -0.25) is 0 Å². The summed E-state index contributed by atoms with van der Waals surface area (Å²) in [6.07, 6.45) is 0. The Morgan fingerprint density at radius 2 is 0.565 bits per heavy atom. The molecule has 1 heteroatoms. The summed E-state index contributed by atoms with van der Waals surface area (Å²) in [6.45, 7) is 0. The Kier molecular flexibility index (Phi) is 8.47. The van der Waals surface area contributed by atoms with E-state index < -0.39 is 5.41 Å². The zero-order chi connectivity index (χ0) is 41.0. The van der Waals surface area contributed by atoms with Crippen molar-refractivity contribution >= 4 is 17.1 Å². The lowest BCUT2D eigenvalue weighted by molar-refractivity contribution is 0.793. The van der Waals surface area contributed by atoms with E-state index in [0.29, 0.717) is 0 Å². The largest absolute Gasteiger partial charge is 0.310 e. The predicted octanol–water partition coefficient (Wildman–Crippen LogP) is 16.2. The summed E-state index contributed by atoms with van der Waals surface area (Å²) < 4.78 is 0. The van der Waals surface area contributed by atoms with Crippen molar-refractivity contribution in [2.24, 2.45) is 0 Å². The summed E-state index contributed by atoms with van der Waals surface area (Å²) in [5.74, 6) is 0. The second-order valence-electron chi connectivity index (χ2n) is 16.3. The van der Waals surface area contributed by atoms with Gasteiger partial charge < -0.3 is 4.90 Å². The molecular formula is C61H41N. The van der Waals surface area contributed by atoms with Gasteiger partial charge in [-0.1, -0.05) is 218 Å². The quantitative estimate of drug-likeness (QED) is 0.155. The lowest BCUT2D eigenvalue weighted by Gasteiger charge is -2.36. The third-order valence-corrected chi connectivity index (χ3v) is 13.1. The van der Waals surface area contributed by atoms with Gasteiger partial charge in [0.05, 0.1) is 11.1 Å². The van der Waals surface area contributed by atoms with Crippen LogP contribution < -0.4 is 4.90 Å². The molecule has 10 aromatic carbocycles. The van der Waals surface area contributed by atoms with Gasteiger partial charge in [0.15, 0.2) is 0 Å². The maximum Gasteiger partial charge on any atom is 0.0746 e. The summed E-state index contributed by atoms with van der Waals surface area (Å²) in [4.78, 5) is 2.53. The molecule has 0 N–H and O–H groups in total. The van der Waals surface area contributed by atoms with Crippen molar-refractivity contribution in [3.8, 4) is 66.8 Å². The molecule has 0 radical (unpaired) electrons. The minimum absolute atomic E-state index is 0.525. The van der Waals surface area contributed by atoms with E-state index in [-0.39, 0.29) is 0 Å². The first kappa shape index (κ1) is 35.9. The first-order chi connectivity index (χ1) is 30.8. The first-order valence-corrected chi connectivity index (χ1v) is 21.5. The highest BCUT2D eigenvalue weighted by molar-refractivity contribution is 6.00. The Balaban J connectivity index is 1.14. The van der Waals surface area contributed by atoms with Crippen LogP contribution in [-0.2, 0) is 5.41 Å². The van der Waals surface area contributed by atoms with Crippen molar-refractivity contribution in [1.82, 2.24) is 0 Å². The van der Waals surface area contributed by atoms with Gasteiger partial charge >= 0.3 is 0 Å². The third kappa shape index (κ3) is 5.49. The summed E-state index contributed by atoms with van der Waals surface area (Å²) >= 11 is 0. The molecule has 2 aliphatic rings. The molecule has 1 nitrogen and oxygen atoms in total. The Morgan fingerprint density at radius 1 is 0.242 bits per heavy atom. The average molecular weight is 788 g/mol. The molecule has 12 rings (SSSR count). The maximum atomic E-state index is 2.53. The summed E-state index contributed by atoms with van der Waals surface area (Å²) in [5.41, 5.74) is 22.8. The molecule has 0 bridgehead atoms. The van der Waals surface area contributed by atoms with E-state index >= 15 is 0 Å². The van der Waals surface area contributed by atoms with Crippen molar-refractivity contribution in [2.75, 3.05) is 4.90 Å². The number of hydrogen-bond donors (Lipinski definition) is 0. The highest BCUT2D eigenvalue weighted by atomic mass is 15.1. The summed E-state index contributed by atoms with van der Waals surface area (Å²) in [5, 5.41) is 0. The fourth-order valence-electron chi connectivity index (χ4n) is 10.6. The molecule has 0 aliphatic heterocycles. The fourth-order valence-corrected chi connectivity index (χ4v) is 10.6. The first-order valence-electron chi connectivity index (χ1n) is 21.5. The molecule has 0 amide bonds. The second-order valence-corrected chi connectivity index (χ2v) is 16.3. The van der Waals surface area contributed by atoms with Crippen LogP contribution in [0.4, 0.5) is 17.1 Å². The number of nitrogens with zero attached hydrogens (tertiary/aromatic N) is 1. The van der Waals surface area contributed by atoms with E-state index in [1.807, 2.05) is 0 Å². The molecule has 0 saturated carbocycles. The van der Waals surface area contributed by atoms with Crippen molar-refractivity contribution < 1.29 is 0 Å². The fraction of sp³-hybridized carbons (Fsp3) is 0.0164. The highest BCUT2D eigenvalue weighted by Gasteiger charge is 2.53. The Morgan fingerprint density at radius 3 is 1.02 bits per heavy atom. The molecule has 0 saturated heterocycles. The van der Waals surface area contributed by atoms with E-state index in [9.17, 15) is 0 Å². The van der Waals surface area contributed by atoms with Crippen molar-refractivity contribution in [2.45, 2.75) is 5.41 Å². The van der Waals surface area contributed by atoms with E-state index in [1.54, 1.807) is 0 Å². The number of anilines is 3. The lowest BCUT2D eigenvalue weighted by Crippen LogP contribution is -2.28. The minimum Gasteiger partial charge on any atom is -0.310 e. The Bertz CT molecular complexity index is 3120. The van der Waals surface area contributed by atoms with Crippen LogP contribution in [0.5, 0.6) is 0 Å². The molecule has 10 aromatic rings. The molecule has 0 unspecified atom stereocenters. The normalized spacial score (nSPS) is 12.6. The minimum atomic E-state index is -0.525. The zero-order valence-electron chi connectivity index (χ0n) is 34.1. The summed E-state index contributed by atoms with van der Waals surface area (Å²) in [6, 6.07) is 91.6. The van der Waals surface area contributed by atoms with E-state index in [0.717, 1.165) is 17.1 Å². The Labute approximate surface area is 363 Å². The number of fused-ring (bicyclic) bond motifs is 10. The Hall–Kier alpha value is -8.00. The van der Waals surface area contributed by atoms with Gasteiger partial charge in [0, 0.05) is 16.9 Å². The van der Waals surface area contributed by atoms with Crippen LogP contribution in [0.1, 0.15) is 22.3 Å². The van der Waals surface area contributed by atoms with Crippen LogP contribution in [0.25, 0.3) is 66.8 Å². The number of hydrogen-bond acceptors (Lipinski definition) is 1. The lowest BCUT2D eigenvalue weighted by atomic mass is 9.70. The molecular weight excluding hydrogens is 747 g/mol. The van der Waals surface area contributed by atoms with E-state index in [4.69, 9.17) is 0 Å². The van der Waals surface area contributed by atoms with Gasteiger partial charge in [-0.2, -0.15) is 0 Å². The van der Waals surface area contributed by atoms with Gasteiger partial charge in [0.1, 0.15) is 0 Å². The zero-order valence-corrected chi connectivity index (χ0v) is 34.1. The van der Waals surface area contributed by atoms with Gasteiger partial charge in [0.25, 0.3) is 0 Å². The monoisotopic (exact) mass is 787 g/mol. The molecule has 1 spiro atoms. The van der Waals surface area contributed by atoms with E-state index in [1.165, 1.54) is 89.0 Å². The van der Waals surface area contributed by atoms with Crippen LogP contribution in [0.15, 0.2) is 249 Å². The second kappa shape index (κ2) is 14.6. The molecule has 0 aromatic heterocycles. The van der Waals surface area contributed by atoms with Gasteiger partial charge in [-0.05, 0) is 114 Å². The van der Waals surface area contributed by atoms with Gasteiger partial charge in [-0.15, -0.1) is 0 Å². The predicted molar refractivity (Wildman–Crippen MR) is 259 cm³/mol. The highest BCUT2D eigenvalue weighted by Crippen LogP contribution is 2.65. The molecule has 0 heterocycles. The molecule has 62 heavy (non-hydrogen) atoms. The van der Waals surface area contributed by atoms with Crippen molar-refractivity contribution in [1.29, 1.82) is 0 Å². The van der Waals surface area contributed by atoms with Crippen LogP contribution in [-0.4, -0.2) is 0 Å². The molecule has 0 atom stereocenters. The summed E-state index contributed by atoms with van der Waals surface area (Å²) in [7, 11) is 0. The number of rotatable bonds is 7. The van der Waals surface area contributed by atoms with Crippen LogP contribution in [0.2, 0.25) is 0 Å². The molecule has 2 aliphatic carbocycles. The van der Waals surface area contributed by atoms with Gasteiger partial charge in [-0.25, -0.2) is 0 Å². The topological polar surface area (TPSA) is 3.24 Å². The standard InChI is InChI=1S/C61H41N/c1-3-20-42(21-4-1)48-28-7-9-30-50(48)44-24-17-26-46(40-44)62(47-27-18-25-45(41-47)51-31-10-8-29-49(51)43-22-5-2-6-23-43)59-39-19-35-55-54-34-13-16-38-58(54)61(60(55)59)56-36-14-11-32-52(56)53-33-12-15-37-57(53)61/h1-41H. The maximum absolute atomic E-state index is 2.53. The van der Waals surface area contributed by atoms with Gasteiger partial charge in [0.2, 0.25) is 0 Å². The van der Waals surface area contributed by atoms with Crippen molar-refractivity contribution in [3.63, 3.8) is 0 Å². The molecule has 0 fully saturated rings. The van der Waals surface area contributed by atoms with Crippen LogP contribution >= 0.6 is 0 Å².